The minimum absolute atomic E-state index is 0. The van der Waals surface area contributed by atoms with Crippen LogP contribution >= 0.6 is 12.4 Å². The predicted octanol–water partition coefficient (Wildman–Crippen LogP) is 2.36. The van der Waals surface area contributed by atoms with Crippen LogP contribution in [-0.4, -0.2) is 10.1 Å². The number of aromatic hydroxyl groups is 1. The van der Waals surface area contributed by atoms with Gasteiger partial charge in [0.2, 0.25) is 0 Å². The Balaban J connectivity index is 0.000000720. The Kier molecular flexibility index (Phi) is 2.51. The molecule has 0 radical (unpaired) electrons. The lowest BCUT2D eigenvalue weighted by molar-refractivity contribution is 0.476. The first-order valence-electron chi connectivity index (χ1n) is 3.40. The fourth-order valence-electron chi connectivity index (χ4n) is 1.05. The topological polar surface area (TPSA) is 33.1 Å². The molecule has 1 aromatic heterocycles. The molecule has 2 aromatic rings. The zero-order valence-corrected chi connectivity index (χ0v) is 7.08. The van der Waals surface area contributed by atoms with Crippen molar-refractivity contribution >= 4 is 23.3 Å². The number of phenols is 1. The third kappa shape index (κ3) is 1.48. The Labute approximate surface area is 76.3 Å². The Bertz CT molecular complexity index is 389. The lowest BCUT2D eigenvalue weighted by atomic mass is 10.2. The molecule has 1 heterocycles. The molecule has 0 amide bonds. The molecule has 0 bridgehead atoms. The maximum atomic E-state index is 9.09. The Morgan fingerprint density at radius 3 is 2.83 bits per heavy atom. The second-order valence-electron chi connectivity index (χ2n) is 2.38. The second-order valence-corrected chi connectivity index (χ2v) is 2.38. The van der Waals surface area contributed by atoms with Gasteiger partial charge in [0.25, 0.3) is 0 Å². The molecule has 0 saturated heterocycles. The van der Waals surface area contributed by atoms with Crippen molar-refractivity contribution in [2.75, 3.05) is 0 Å². The van der Waals surface area contributed by atoms with E-state index in [1.807, 2.05) is 18.2 Å². The van der Waals surface area contributed by atoms with Gasteiger partial charge in [-0.3, -0.25) is 4.98 Å². The lowest BCUT2D eigenvalue weighted by Crippen LogP contribution is -1.75. The molecule has 1 N–H and O–H groups in total. The average molecular weight is 182 g/mol. The summed E-state index contributed by atoms with van der Waals surface area (Å²) in [6, 6.07) is 8.98. The van der Waals surface area contributed by atoms with Crippen LogP contribution in [-0.2, 0) is 0 Å². The van der Waals surface area contributed by atoms with Crippen molar-refractivity contribution in [2.24, 2.45) is 0 Å². The van der Waals surface area contributed by atoms with E-state index in [1.165, 1.54) is 0 Å². The van der Waals surface area contributed by atoms with Gasteiger partial charge < -0.3 is 5.11 Å². The zero-order valence-electron chi connectivity index (χ0n) is 6.27. The van der Waals surface area contributed by atoms with E-state index in [2.05, 4.69) is 4.98 Å². The summed E-state index contributed by atoms with van der Waals surface area (Å²) in [5.74, 6) is 0.260. The zero-order chi connectivity index (χ0) is 7.68. The van der Waals surface area contributed by atoms with E-state index in [9.17, 15) is 0 Å². The minimum atomic E-state index is 0. The standard InChI is InChI=1S/C9H7NO.ClH/c11-8-4-3-7-2-1-5-10-9(7)6-8;/h1-6,11H;1H. The highest BCUT2D eigenvalue weighted by atomic mass is 35.5. The third-order valence-corrected chi connectivity index (χ3v) is 1.59. The van der Waals surface area contributed by atoms with E-state index >= 15 is 0 Å². The Morgan fingerprint density at radius 2 is 2.00 bits per heavy atom. The maximum Gasteiger partial charge on any atom is 0.117 e. The van der Waals surface area contributed by atoms with Crippen LogP contribution in [0.2, 0.25) is 0 Å². The number of benzene rings is 1. The smallest absolute Gasteiger partial charge is 0.117 e. The fourth-order valence-corrected chi connectivity index (χ4v) is 1.05. The van der Waals surface area contributed by atoms with E-state index in [1.54, 1.807) is 18.3 Å². The summed E-state index contributed by atoms with van der Waals surface area (Å²) in [7, 11) is 0. The minimum Gasteiger partial charge on any atom is -0.508 e. The molecule has 0 aliphatic heterocycles. The average Bonchev–Trinajstić information content (AvgIpc) is 2.04. The summed E-state index contributed by atoms with van der Waals surface area (Å²) in [6.45, 7) is 0. The Hall–Kier alpha value is -1.28. The first kappa shape index (κ1) is 8.81. The predicted molar refractivity (Wildman–Crippen MR) is 50.7 cm³/mol. The maximum absolute atomic E-state index is 9.09. The summed E-state index contributed by atoms with van der Waals surface area (Å²) in [6.07, 6.45) is 1.71. The lowest BCUT2D eigenvalue weighted by Gasteiger charge is -1.95. The number of hydrogen-bond acceptors (Lipinski definition) is 2. The molecule has 0 aliphatic carbocycles. The van der Waals surface area contributed by atoms with Crippen molar-refractivity contribution in [1.29, 1.82) is 0 Å². The number of rotatable bonds is 0. The van der Waals surface area contributed by atoms with E-state index in [0.717, 1.165) is 10.9 Å². The van der Waals surface area contributed by atoms with Gasteiger partial charge in [0, 0.05) is 17.6 Å². The van der Waals surface area contributed by atoms with Crippen molar-refractivity contribution in [3.8, 4) is 5.75 Å². The molecule has 1 aromatic carbocycles. The van der Waals surface area contributed by atoms with Crippen LogP contribution in [0, 0.1) is 0 Å². The summed E-state index contributed by atoms with van der Waals surface area (Å²) >= 11 is 0. The van der Waals surface area contributed by atoms with Gasteiger partial charge in [-0.25, -0.2) is 0 Å². The van der Waals surface area contributed by atoms with Gasteiger partial charge in [0.1, 0.15) is 5.75 Å². The quantitative estimate of drug-likeness (QED) is 0.677. The SMILES string of the molecule is Cl.Oc1ccc2cccnc2c1. The molecule has 0 fully saturated rings. The molecular weight excluding hydrogens is 174 g/mol. The van der Waals surface area contributed by atoms with E-state index in [-0.39, 0.29) is 18.2 Å². The van der Waals surface area contributed by atoms with E-state index < -0.39 is 0 Å². The van der Waals surface area contributed by atoms with Gasteiger partial charge in [-0.15, -0.1) is 12.4 Å². The van der Waals surface area contributed by atoms with Crippen molar-refractivity contribution < 1.29 is 5.11 Å². The van der Waals surface area contributed by atoms with Crippen molar-refractivity contribution in [2.45, 2.75) is 0 Å². The van der Waals surface area contributed by atoms with Gasteiger partial charge in [0.05, 0.1) is 5.52 Å². The summed E-state index contributed by atoms with van der Waals surface area (Å²) < 4.78 is 0. The van der Waals surface area contributed by atoms with Gasteiger partial charge in [-0.1, -0.05) is 6.07 Å². The number of fused-ring (bicyclic) bond motifs is 1. The van der Waals surface area contributed by atoms with Crippen LogP contribution in [0.1, 0.15) is 0 Å². The highest BCUT2D eigenvalue weighted by molar-refractivity contribution is 5.85. The number of pyridine rings is 1. The first-order chi connectivity index (χ1) is 5.36. The molecular formula is C9H8ClNO. The molecule has 0 atom stereocenters. The molecule has 0 spiro atoms. The molecule has 3 heteroatoms. The van der Waals surface area contributed by atoms with Crippen LogP contribution in [0.15, 0.2) is 36.5 Å². The number of nitrogens with zero attached hydrogens (tertiary/aromatic N) is 1. The van der Waals surface area contributed by atoms with Gasteiger partial charge in [-0.05, 0) is 18.2 Å². The van der Waals surface area contributed by atoms with Crippen LogP contribution in [0.25, 0.3) is 10.9 Å². The monoisotopic (exact) mass is 181 g/mol. The number of phenolic OH excluding ortho intramolecular Hbond substituents is 1. The molecule has 0 saturated carbocycles. The van der Waals surface area contributed by atoms with E-state index in [4.69, 9.17) is 5.11 Å². The fraction of sp³-hybridized carbons (Fsp3) is 0. The van der Waals surface area contributed by atoms with Crippen molar-refractivity contribution in [3.63, 3.8) is 0 Å². The van der Waals surface area contributed by atoms with Crippen molar-refractivity contribution in [1.82, 2.24) is 4.98 Å². The molecule has 0 aliphatic rings. The summed E-state index contributed by atoms with van der Waals surface area (Å²) in [5, 5.41) is 10.1. The van der Waals surface area contributed by atoms with Crippen LogP contribution in [0.3, 0.4) is 0 Å². The third-order valence-electron chi connectivity index (χ3n) is 1.59. The molecule has 2 rings (SSSR count). The second kappa shape index (κ2) is 3.41. The van der Waals surface area contributed by atoms with Crippen LogP contribution < -0.4 is 0 Å². The first-order valence-corrected chi connectivity index (χ1v) is 3.40. The molecule has 2 nitrogen and oxygen atoms in total. The summed E-state index contributed by atoms with van der Waals surface area (Å²) in [4.78, 5) is 4.08. The molecule has 12 heavy (non-hydrogen) atoms. The number of aromatic nitrogens is 1. The highest BCUT2D eigenvalue weighted by Crippen LogP contribution is 2.16. The number of hydrogen-bond donors (Lipinski definition) is 1. The molecule has 0 unspecified atom stereocenters. The van der Waals surface area contributed by atoms with Crippen molar-refractivity contribution in [3.05, 3.63) is 36.5 Å². The van der Waals surface area contributed by atoms with Gasteiger partial charge >= 0.3 is 0 Å². The summed E-state index contributed by atoms with van der Waals surface area (Å²) in [5.41, 5.74) is 0.826. The normalized spacial score (nSPS) is 9.33. The van der Waals surface area contributed by atoms with Gasteiger partial charge in [0.15, 0.2) is 0 Å². The Morgan fingerprint density at radius 1 is 1.17 bits per heavy atom. The highest BCUT2D eigenvalue weighted by Gasteiger charge is 1.92. The van der Waals surface area contributed by atoms with Crippen LogP contribution in [0.4, 0.5) is 0 Å². The largest absolute Gasteiger partial charge is 0.508 e. The molecule has 62 valence electrons. The number of halogens is 1. The van der Waals surface area contributed by atoms with Gasteiger partial charge in [-0.2, -0.15) is 0 Å². The van der Waals surface area contributed by atoms with Crippen LogP contribution in [0.5, 0.6) is 5.75 Å². The van der Waals surface area contributed by atoms with E-state index in [0.29, 0.717) is 0 Å².